The molecule has 0 atom stereocenters. The van der Waals surface area contributed by atoms with Crippen LogP contribution in [0, 0.1) is 20.8 Å². The van der Waals surface area contributed by atoms with E-state index in [2.05, 4.69) is 48.7 Å². The van der Waals surface area contributed by atoms with E-state index in [1.165, 1.54) is 22.2 Å². The summed E-state index contributed by atoms with van der Waals surface area (Å²) < 4.78 is 0. The smallest absolute Gasteiger partial charge is 0.155 e. The van der Waals surface area contributed by atoms with Gasteiger partial charge in [0.1, 0.15) is 0 Å². The van der Waals surface area contributed by atoms with Gasteiger partial charge in [-0.15, -0.1) is 0 Å². The minimum Gasteiger partial charge on any atom is -0.155 e. The van der Waals surface area contributed by atoms with Crippen LogP contribution in [-0.2, 0) is 0 Å². The average molecular weight is 211 g/mol. The molecule has 0 N–H and O–H groups in total. The summed E-state index contributed by atoms with van der Waals surface area (Å²) in [5, 5.41) is 0. The molecule has 1 aromatic carbocycles. The predicted molar refractivity (Wildman–Crippen MR) is 56.4 cm³/mol. The van der Waals surface area contributed by atoms with E-state index >= 15 is 0 Å². The fourth-order valence-electron chi connectivity index (χ4n) is 1.42. The monoisotopic (exact) mass is 210 g/mol. The Morgan fingerprint density at radius 1 is 1.09 bits per heavy atom. The molecule has 0 amide bonds. The minimum atomic E-state index is 0.963. The number of hydrogen-bond donors (Lipinski definition) is 0. The highest BCUT2D eigenvalue weighted by atomic mass is 79.9. The van der Waals surface area contributed by atoms with E-state index in [9.17, 15) is 0 Å². The molecule has 0 radical (unpaired) electrons. The van der Waals surface area contributed by atoms with Crippen molar-refractivity contribution in [1.82, 2.24) is 0 Å². The van der Waals surface area contributed by atoms with Gasteiger partial charge in [-0.3, -0.25) is 0 Å². The Bertz CT molecular complexity index is 245. The van der Waals surface area contributed by atoms with Crippen LogP contribution in [0.25, 0.3) is 0 Å². The van der Waals surface area contributed by atoms with E-state index in [1.54, 1.807) is 0 Å². The minimum absolute atomic E-state index is 0.963. The van der Waals surface area contributed by atoms with Gasteiger partial charge in [0.2, 0.25) is 6.10 Å². The highest BCUT2D eigenvalue weighted by Crippen LogP contribution is 2.05. The predicted octanol–water partition coefficient (Wildman–Crippen LogP) is 1.98. The molecule has 0 aliphatic heterocycles. The lowest BCUT2D eigenvalue weighted by Gasteiger charge is -2.06. The molecule has 2 heteroatoms. The van der Waals surface area contributed by atoms with Crippen molar-refractivity contribution in [2.75, 3.05) is 0 Å². The van der Waals surface area contributed by atoms with Crippen LogP contribution in [0.1, 0.15) is 16.7 Å². The molecule has 0 aliphatic carbocycles. The third-order valence-electron chi connectivity index (χ3n) is 1.97. The number of benzene rings is 1. The maximum atomic E-state index is 3.48. The molecule has 0 unspecified atom stereocenters. The largest absolute Gasteiger partial charge is 0.238 e. The van der Waals surface area contributed by atoms with Crippen LogP contribution in [-0.4, -0.2) is 6.10 Å². The van der Waals surface area contributed by atoms with Crippen LogP contribution in [0.2, 0.25) is 0 Å². The van der Waals surface area contributed by atoms with E-state index < -0.39 is 0 Å². The highest BCUT2D eigenvalue weighted by molar-refractivity contribution is 9.23. The van der Waals surface area contributed by atoms with Gasteiger partial charge in [-0.1, -0.05) is 34.3 Å². The Balaban J connectivity index is 3.25. The first-order chi connectivity index (χ1) is 5.15. The average Bonchev–Trinajstić information content (AvgIpc) is 1.85. The third kappa shape index (κ3) is 1.87. The fraction of sp³-hybridized carbons (Fsp3) is 0.333. The summed E-state index contributed by atoms with van der Waals surface area (Å²) in [5.41, 5.74) is 5.55. The van der Waals surface area contributed by atoms with Crippen LogP contribution in [0.4, 0.5) is 0 Å². The topological polar surface area (TPSA) is 0 Å². The second-order valence-electron chi connectivity index (χ2n) is 3.01. The second kappa shape index (κ2) is 3.44. The van der Waals surface area contributed by atoms with E-state index in [4.69, 9.17) is 0 Å². The number of rotatable bonds is 1. The van der Waals surface area contributed by atoms with Gasteiger partial charge in [0.15, 0.2) is 0 Å². The standard InChI is InChI=1S/C9H12BBr/c1-6-4-7(2)9(10-11)8(3)5-6/h4-5,10H,1-3H3. The first-order valence-electron chi connectivity index (χ1n) is 3.78. The number of halogens is 1. The Kier molecular flexibility index (Phi) is 2.77. The van der Waals surface area contributed by atoms with Crippen LogP contribution < -0.4 is 5.46 Å². The van der Waals surface area contributed by atoms with Gasteiger partial charge in [0.25, 0.3) is 0 Å². The van der Waals surface area contributed by atoms with Crippen LogP contribution in [0.15, 0.2) is 12.1 Å². The molecule has 0 aliphatic rings. The summed E-state index contributed by atoms with van der Waals surface area (Å²) >= 11 is 3.48. The van der Waals surface area contributed by atoms with E-state index in [-0.39, 0.29) is 0 Å². The van der Waals surface area contributed by atoms with Crippen molar-refractivity contribution in [3.05, 3.63) is 28.8 Å². The third-order valence-corrected chi connectivity index (χ3v) is 2.53. The van der Waals surface area contributed by atoms with Crippen molar-refractivity contribution in [3.63, 3.8) is 0 Å². The second-order valence-corrected chi connectivity index (χ2v) is 3.57. The van der Waals surface area contributed by atoms with E-state index in [0.717, 1.165) is 6.10 Å². The molecule has 0 saturated heterocycles. The Hall–Kier alpha value is -0.235. The summed E-state index contributed by atoms with van der Waals surface area (Å²) in [4.78, 5) is 0. The number of aryl methyl sites for hydroxylation is 3. The molecule has 1 rings (SSSR count). The zero-order valence-corrected chi connectivity index (χ0v) is 8.83. The van der Waals surface area contributed by atoms with Crippen LogP contribution in [0.5, 0.6) is 0 Å². The van der Waals surface area contributed by atoms with Gasteiger partial charge in [-0.2, -0.15) is 15.8 Å². The SMILES string of the molecule is Cc1cc(C)c(BBr)c(C)c1. The van der Waals surface area contributed by atoms with Crippen LogP contribution >= 0.6 is 15.8 Å². The Labute approximate surface area is 77.2 Å². The van der Waals surface area contributed by atoms with Crippen molar-refractivity contribution < 1.29 is 0 Å². The summed E-state index contributed by atoms with van der Waals surface area (Å²) in [7, 11) is 0. The molecule has 0 fully saturated rings. The molecule has 11 heavy (non-hydrogen) atoms. The maximum Gasteiger partial charge on any atom is 0.238 e. The molecular formula is C9H12BBr. The summed E-state index contributed by atoms with van der Waals surface area (Å²) in [6, 6.07) is 4.45. The van der Waals surface area contributed by atoms with Gasteiger partial charge in [-0.25, -0.2) is 0 Å². The highest BCUT2D eigenvalue weighted by Gasteiger charge is 2.01. The van der Waals surface area contributed by atoms with Gasteiger partial charge >= 0.3 is 0 Å². The molecule has 0 nitrogen and oxygen atoms in total. The van der Waals surface area contributed by atoms with E-state index in [0.29, 0.717) is 0 Å². The zero-order chi connectivity index (χ0) is 8.43. The lowest BCUT2D eigenvalue weighted by molar-refractivity contribution is 1.35. The van der Waals surface area contributed by atoms with Crippen molar-refractivity contribution >= 4 is 27.3 Å². The van der Waals surface area contributed by atoms with Crippen molar-refractivity contribution in [3.8, 4) is 0 Å². The van der Waals surface area contributed by atoms with Gasteiger partial charge in [-0.05, 0) is 20.8 Å². The van der Waals surface area contributed by atoms with Crippen molar-refractivity contribution in [1.29, 1.82) is 0 Å². The van der Waals surface area contributed by atoms with E-state index in [1.807, 2.05) is 0 Å². The quantitative estimate of drug-likeness (QED) is 0.623. The molecule has 58 valence electrons. The zero-order valence-electron chi connectivity index (χ0n) is 7.24. The normalized spacial score (nSPS) is 9.82. The van der Waals surface area contributed by atoms with Crippen LogP contribution in [0.3, 0.4) is 0 Å². The van der Waals surface area contributed by atoms with Gasteiger partial charge < -0.3 is 0 Å². The molecule has 0 aromatic heterocycles. The van der Waals surface area contributed by atoms with Gasteiger partial charge in [0.05, 0.1) is 0 Å². The lowest BCUT2D eigenvalue weighted by atomic mass is 9.85. The lowest BCUT2D eigenvalue weighted by Crippen LogP contribution is -2.16. The molecule has 1 aromatic rings. The molecule has 0 spiro atoms. The Morgan fingerprint density at radius 3 is 1.91 bits per heavy atom. The molecular weight excluding hydrogens is 199 g/mol. The van der Waals surface area contributed by atoms with Gasteiger partial charge in [0, 0.05) is 0 Å². The number of hydrogen-bond acceptors (Lipinski definition) is 0. The van der Waals surface area contributed by atoms with Crippen molar-refractivity contribution in [2.24, 2.45) is 0 Å². The molecule has 0 heterocycles. The first kappa shape index (κ1) is 8.86. The molecule has 0 saturated carbocycles. The first-order valence-corrected chi connectivity index (χ1v) is 4.90. The van der Waals surface area contributed by atoms with Crippen molar-refractivity contribution in [2.45, 2.75) is 20.8 Å². The summed E-state index contributed by atoms with van der Waals surface area (Å²) in [6.07, 6.45) is 0.963. The Morgan fingerprint density at radius 2 is 1.55 bits per heavy atom. The molecule has 0 bridgehead atoms. The maximum absolute atomic E-state index is 3.48. The fourth-order valence-corrected chi connectivity index (χ4v) is 2.31. The summed E-state index contributed by atoms with van der Waals surface area (Å²) in [5.74, 6) is 0. The summed E-state index contributed by atoms with van der Waals surface area (Å²) in [6.45, 7) is 6.46.